The molecule has 2 aliphatic heterocycles. The average Bonchev–Trinajstić information content (AvgIpc) is 3.12. The van der Waals surface area contributed by atoms with Crippen molar-refractivity contribution >= 4 is 5.91 Å². The lowest BCUT2D eigenvalue weighted by Gasteiger charge is -2.36. The maximum absolute atomic E-state index is 12.9. The lowest BCUT2D eigenvalue weighted by atomic mass is 10.0. The van der Waals surface area contributed by atoms with Crippen LogP contribution in [-0.4, -0.2) is 60.2 Å². The number of hydrogen-bond donors (Lipinski definition) is 1. The van der Waals surface area contributed by atoms with Crippen molar-refractivity contribution in [1.29, 1.82) is 0 Å². The van der Waals surface area contributed by atoms with Gasteiger partial charge in [-0.2, -0.15) is 0 Å². The van der Waals surface area contributed by atoms with Crippen LogP contribution in [0.4, 0.5) is 0 Å². The molecule has 2 saturated heterocycles. The highest BCUT2D eigenvalue weighted by atomic mass is 16.5. The van der Waals surface area contributed by atoms with Crippen molar-refractivity contribution in [1.82, 2.24) is 9.80 Å². The van der Waals surface area contributed by atoms with E-state index < -0.39 is 0 Å². The van der Waals surface area contributed by atoms with Gasteiger partial charge in [-0.3, -0.25) is 9.69 Å². The summed E-state index contributed by atoms with van der Waals surface area (Å²) in [6.07, 6.45) is 5.32. The summed E-state index contributed by atoms with van der Waals surface area (Å²) >= 11 is 0. The maximum atomic E-state index is 12.9. The average molecular weight is 332 g/mol. The fourth-order valence-electron chi connectivity index (χ4n) is 3.98. The van der Waals surface area contributed by atoms with Gasteiger partial charge in [-0.25, -0.2) is 0 Å². The Morgan fingerprint density at radius 2 is 1.96 bits per heavy atom. The molecule has 1 amide bonds. The van der Waals surface area contributed by atoms with Crippen LogP contribution in [0.15, 0.2) is 24.3 Å². The lowest BCUT2D eigenvalue weighted by Crippen LogP contribution is -2.48. The van der Waals surface area contributed by atoms with Crippen molar-refractivity contribution in [3.8, 4) is 5.75 Å². The van der Waals surface area contributed by atoms with Crippen LogP contribution in [0.5, 0.6) is 5.75 Å². The van der Waals surface area contributed by atoms with Gasteiger partial charge in [0, 0.05) is 12.6 Å². The molecule has 3 rings (SSSR count). The van der Waals surface area contributed by atoms with Gasteiger partial charge in [0.25, 0.3) is 0 Å². The SMILES string of the molecule is COc1ccc(C2CCCN2C(=O)CN2CCCCC2CO)cc1. The Morgan fingerprint density at radius 1 is 1.17 bits per heavy atom. The Hall–Kier alpha value is -1.59. The van der Waals surface area contributed by atoms with Gasteiger partial charge in [0.1, 0.15) is 5.75 Å². The zero-order chi connectivity index (χ0) is 16.9. The second kappa shape index (κ2) is 7.99. The number of ether oxygens (including phenoxy) is 1. The van der Waals surface area contributed by atoms with Crippen LogP contribution in [0, 0.1) is 0 Å². The summed E-state index contributed by atoms with van der Waals surface area (Å²) in [6.45, 7) is 2.32. The van der Waals surface area contributed by atoms with Gasteiger partial charge in [0.05, 0.1) is 26.3 Å². The second-order valence-electron chi connectivity index (χ2n) is 6.82. The molecule has 2 fully saturated rings. The van der Waals surface area contributed by atoms with Crippen LogP contribution >= 0.6 is 0 Å². The minimum atomic E-state index is 0.143. The first kappa shape index (κ1) is 17.2. The highest BCUT2D eigenvalue weighted by molar-refractivity contribution is 5.79. The van der Waals surface area contributed by atoms with Gasteiger partial charge in [-0.15, -0.1) is 0 Å². The Kier molecular flexibility index (Phi) is 5.74. The smallest absolute Gasteiger partial charge is 0.237 e. The third kappa shape index (κ3) is 3.73. The minimum absolute atomic E-state index is 0.143. The number of nitrogens with zero attached hydrogens (tertiary/aromatic N) is 2. The molecule has 0 spiro atoms. The van der Waals surface area contributed by atoms with Crippen molar-refractivity contribution < 1.29 is 14.6 Å². The first-order valence-electron chi connectivity index (χ1n) is 9.01. The molecule has 0 bridgehead atoms. The predicted octanol–water partition coefficient (Wildman–Crippen LogP) is 2.21. The van der Waals surface area contributed by atoms with Crippen molar-refractivity contribution in [3.05, 3.63) is 29.8 Å². The van der Waals surface area contributed by atoms with E-state index in [0.717, 1.165) is 50.9 Å². The fourth-order valence-corrected chi connectivity index (χ4v) is 3.98. The number of aliphatic hydroxyl groups excluding tert-OH is 1. The number of piperidine rings is 1. The van der Waals surface area contributed by atoms with E-state index in [1.54, 1.807) is 7.11 Å². The molecule has 0 saturated carbocycles. The Morgan fingerprint density at radius 3 is 2.67 bits per heavy atom. The van der Waals surface area contributed by atoms with Gasteiger partial charge in [-0.1, -0.05) is 18.6 Å². The Balaban J connectivity index is 1.66. The quantitative estimate of drug-likeness (QED) is 0.898. The standard InChI is InChI=1S/C19H28N2O3/c1-24-17-9-7-15(8-10-17)18-6-4-12-21(18)19(23)13-20-11-3-2-5-16(20)14-22/h7-10,16,18,22H,2-6,11-14H2,1H3. The van der Waals surface area contributed by atoms with Crippen LogP contribution in [0.2, 0.25) is 0 Å². The lowest BCUT2D eigenvalue weighted by molar-refractivity contribution is -0.134. The monoisotopic (exact) mass is 332 g/mol. The molecule has 0 radical (unpaired) electrons. The van der Waals surface area contributed by atoms with Gasteiger partial charge in [0.2, 0.25) is 5.91 Å². The number of rotatable bonds is 5. The molecule has 2 heterocycles. The Labute approximate surface area is 144 Å². The minimum Gasteiger partial charge on any atom is -0.497 e. The number of aliphatic hydroxyl groups is 1. The van der Waals surface area contributed by atoms with E-state index in [9.17, 15) is 9.90 Å². The fraction of sp³-hybridized carbons (Fsp3) is 0.632. The topological polar surface area (TPSA) is 53.0 Å². The summed E-state index contributed by atoms with van der Waals surface area (Å²) in [5.41, 5.74) is 1.18. The van der Waals surface area contributed by atoms with Crippen LogP contribution < -0.4 is 4.74 Å². The normalized spacial score (nSPS) is 25.0. The summed E-state index contributed by atoms with van der Waals surface area (Å²) in [5.74, 6) is 1.03. The number of methoxy groups -OCH3 is 1. The molecular weight excluding hydrogens is 304 g/mol. The zero-order valence-electron chi connectivity index (χ0n) is 14.5. The summed E-state index contributed by atoms with van der Waals surface area (Å²) in [6, 6.07) is 8.36. The van der Waals surface area contributed by atoms with Crippen LogP contribution in [0.1, 0.15) is 43.7 Å². The summed E-state index contributed by atoms with van der Waals surface area (Å²) in [7, 11) is 1.66. The van der Waals surface area contributed by atoms with E-state index in [0.29, 0.717) is 6.54 Å². The molecule has 2 atom stereocenters. The van der Waals surface area contributed by atoms with E-state index in [1.165, 1.54) is 5.56 Å². The van der Waals surface area contributed by atoms with Gasteiger partial charge < -0.3 is 14.7 Å². The van der Waals surface area contributed by atoms with E-state index in [4.69, 9.17) is 4.74 Å². The van der Waals surface area contributed by atoms with Crippen molar-refractivity contribution in [2.45, 2.75) is 44.2 Å². The van der Waals surface area contributed by atoms with Crippen molar-refractivity contribution in [3.63, 3.8) is 0 Å². The predicted molar refractivity (Wildman–Crippen MR) is 93.0 cm³/mol. The van der Waals surface area contributed by atoms with Gasteiger partial charge in [-0.05, 0) is 49.9 Å². The molecule has 0 aliphatic carbocycles. The number of carbonyl (C=O) groups is 1. The molecule has 1 N–H and O–H groups in total. The number of benzene rings is 1. The number of hydrogen-bond acceptors (Lipinski definition) is 4. The maximum Gasteiger partial charge on any atom is 0.237 e. The molecule has 2 aliphatic rings. The van der Waals surface area contributed by atoms with E-state index in [1.807, 2.05) is 17.0 Å². The molecule has 5 nitrogen and oxygen atoms in total. The van der Waals surface area contributed by atoms with Crippen LogP contribution in [-0.2, 0) is 4.79 Å². The summed E-state index contributed by atoms with van der Waals surface area (Å²) in [5, 5.41) is 9.54. The first-order valence-corrected chi connectivity index (χ1v) is 9.01. The first-order chi connectivity index (χ1) is 11.7. The third-order valence-corrected chi connectivity index (χ3v) is 5.37. The number of likely N-dealkylation sites (tertiary alicyclic amines) is 2. The van der Waals surface area contributed by atoms with Crippen LogP contribution in [0.3, 0.4) is 0 Å². The third-order valence-electron chi connectivity index (χ3n) is 5.37. The number of amides is 1. The van der Waals surface area contributed by atoms with Crippen LogP contribution in [0.25, 0.3) is 0 Å². The summed E-state index contributed by atoms with van der Waals surface area (Å²) in [4.78, 5) is 17.0. The highest BCUT2D eigenvalue weighted by Crippen LogP contribution is 2.33. The zero-order valence-corrected chi connectivity index (χ0v) is 14.5. The molecule has 132 valence electrons. The molecule has 0 aromatic heterocycles. The largest absolute Gasteiger partial charge is 0.497 e. The summed E-state index contributed by atoms with van der Waals surface area (Å²) < 4.78 is 5.22. The Bertz CT molecular complexity index is 546. The van der Waals surface area contributed by atoms with Crippen molar-refractivity contribution in [2.75, 3.05) is 33.4 Å². The molecule has 1 aromatic rings. The molecular formula is C19H28N2O3. The van der Waals surface area contributed by atoms with E-state index in [-0.39, 0.29) is 24.6 Å². The number of carbonyl (C=O) groups excluding carboxylic acids is 1. The van der Waals surface area contributed by atoms with E-state index >= 15 is 0 Å². The van der Waals surface area contributed by atoms with E-state index in [2.05, 4.69) is 17.0 Å². The molecule has 24 heavy (non-hydrogen) atoms. The molecule has 1 aromatic carbocycles. The highest BCUT2D eigenvalue weighted by Gasteiger charge is 2.32. The molecule has 2 unspecified atom stereocenters. The van der Waals surface area contributed by atoms with Gasteiger partial charge >= 0.3 is 0 Å². The van der Waals surface area contributed by atoms with Crippen molar-refractivity contribution in [2.24, 2.45) is 0 Å². The second-order valence-corrected chi connectivity index (χ2v) is 6.82. The van der Waals surface area contributed by atoms with Gasteiger partial charge in [0.15, 0.2) is 0 Å². The molecule has 5 heteroatoms.